The highest BCUT2D eigenvalue weighted by atomic mass is 32.2. The number of hydrogen-bond donors (Lipinski definition) is 1. The van der Waals surface area contributed by atoms with E-state index in [-0.39, 0.29) is 0 Å². The standard InChI is InChI=1S/C15H21NOS/c17-18-8-6-14(7-9-18)16-15-10-13(11-15)12-4-2-1-3-5-12/h1-5,13-16H,6-11H2. The summed E-state index contributed by atoms with van der Waals surface area (Å²) in [5, 5.41) is 3.74. The molecule has 2 fully saturated rings. The van der Waals surface area contributed by atoms with Crippen LogP contribution in [0.5, 0.6) is 0 Å². The summed E-state index contributed by atoms with van der Waals surface area (Å²) in [7, 11) is -0.536. The van der Waals surface area contributed by atoms with Gasteiger partial charge in [0.25, 0.3) is 0 Å². The molecular formula is C15H21NOS. The zero-order valence-electron chi connectivity index (χ0n) is 10.7. The van der Waals surface area contributed by atoms with E-state index < -0.39 is 10.8 Å². The lowest BCUT2D eigenvalue weighted by molar-refractivity contribution is 0.258. The number of rotatable bonds is 3. The quantitative estimate of drug-likeness (QED) is 0.907. The normalized spacial score (nSPS) is 36.0. The first-order chi connectivity index (χ1) is 8.81. The van der Waals surface area contributed by atoms with Crippen molar-refractivity contribution < 1.29 is 4.21 Å². The van der Waals surface area contributed by atoms with E-state index in [4.69, 9.17) is 0 Å². The van der Waals surface area contributed by atoms with Crippen molar-refractivity contribution in [3.05, 3.63) is 35.9 Å². The fraction of sp³-hybridized carbons (Fsp3) is 0.600. The van der Waals surface area contributed by atoms with E-state index in [2.05, 4.69) is 35.6 Å². The second-order valence-electron chi connectivity index (χ2n) is 5.56. The van der Waals surface area contributed by atoms with Gasteiger partial charge in [-0.15, -0.1) is 0 Å². The molecule has 2 aliphatic rings. The van der Waals surface area contributed by atoms with Crippen molar-refractivity contribution >= 4 is 10.8 Å². The SMILES string of the molecule is O=S1CCC(NC2CC(c3ccccc3)C2)CC1. The average molecular weight is 263 g/mol. The summed E-state index contributed by atoms with van der Waals surface area (Å²) in [5.41, 5.74) is 1.49. The minimum Gasteiger partial charge on any atom is -0.311 e. The van der Waals surface area contributed by atoms with Crippen LogP contribution in [0.4, 0.5) is 0 Å². The molecule has 0 atom stereocenters. The lowest BCUT2D eigenvalue weighted by Gasteiger charge is -2.39. The maximum absolute atomic E-state index is 11.3. The molecule has 0 bridgehead atoms. The Bertz CT molecular complexity index is 404. The smallest absolute Gasteiger partial charge is 0.0249 e. The molecule has 18 heavy (non-hydrogen) atoms. The Balaban J connectivity index is 1.44. The van der Waals surface area contributed by atoms with Crippen LogP contribution in [0.2, 0.25) is 0 Å². The molecule has 3 rings (SSSR count). The second-order valence-corrected chi connectivity index (χ2v) is 7.26. The molecule has 0 spiro atoms. The minimum absolute atomic E-state index is 0.536. The molecule has 1 saturated carbocycles. The molecule has 1 N–H and O–H groups in total. The highest BCUT2D eigenvalue weighted by molar-refractivity contribution is 7.85. The first kappa shape index (κ1) is 12.4. The van der Waals surface area contributed by atoms with Gasteiger partial charge >= 0.3 is 0 Å². The van der Waals surface area contributed by atoms with E-state index >= 15 is 0 Å². The Morgan fingerprint density at radius 2 is 1.67 bits per heavy atom. The Morgan fingerprint density at radius 3 is 2.33 bits per heavy atom. The maximum Gasteiger partial charge on any atom is 0.0249 e. The third-order valence-corrected chi connectivity index (χ3v) is 5.65. The number of nitrogens with one attached hydrogen (secondary N) is 1. The van der Waals surface area contributed by atoms with Gasteiger partial charge in [-0.3, -0.25) is 4.21 Å². The zero-order valence-corrected chi connectivity index (χ0v) is 11.5. The molecule has 3 heteroatoms. The van der Waals surface area contributed by atoms with Gasteiger partial charge < -0.3 is 5.32 Å². The van der Waals surface area contributed by atoms with E-state index in [9.17, 15) is 4.21 Å². The lowest BCUT2D eigenvalue weighted by Crippen LogP contribution is -2.47. The van der Waals surface area contributed by atoms with Crippen LogP contribution in [0.25, 0.3) is 0 Å². The zero-order chi connectivity index (χ0) is 12.4. The fourth-order valence-electron chi connectivity index (χ4n) is 3.05. The Morgan fingerprint density at radius 1 is 1.00 bits per heavy atom. The summed E-state index contributed by atoms with van der Waals surface area (Å²) >= 11 is 0. The van der Waals surface area contributed by atoms with Crippen LogP contribution in [0.15, 0.2) is 30.3 Å². The molecule has 1 aliphatic heterocycles. The highest BCUT2D eigenvalue weighted by Crippen LogP contribution is 2.37. The molecule has 1 aliphatic carbocycles. The maximum atomic E-state index is 11.3. The van der Waals surface area contributed by atoms with Crippen LogP contribution >= 0.6 is 0 Å². The van der Waals surface area contributed by atoms with Crippen LogP contribution in [0, 0.1) is 0 Å². The van der Waals surface area contributed by atoms with Crippen LogP contribution in [-0.4, -0.2) is 27.8 Å². The summed E-state index contributed by atoms with van der Waals surface area (Å²) in [6, 6.07) is 12.1. The second kappa shape index (κ2) is 5.54. The Hall–Kier alpha value is -0.670. The summed E-state index contributed by atoms with van der Waals surface area (Å²) in [4.78, 5) is 0. The van der Waals surface area contributed by atoms with Gasteiger partial charge in [0.2, 0.25) is 0 Å². The van der Waals surface area contributed by atoms with Gasteiger partial charge in [-0.1, -0.05) is 30.3 Å². The first-order valence-corrected chi connectivity index (χ1v) is 8.46. The molecule has 1 saturated heterocycles. The van der Waals surface area contributed by atoms with Gasteiger partial charge in [0.1, 0.15) is 0 Å². The monoisotopic (exact) mass is 263 g/mol. The summed E-state index contributed by atoms with van der Waals surface area (Å²) in [6.07, 6.45) is 4.73. The van der Waals surface area contributed by atoms with Crippen molar-refractivity contribution in [1.29, 1.82) is 0 Å². The number of hydrogen-bond acceptors (Lipinski definition) is 2. The predicted octanol–water partition coefficient (Wildman–Crippen LogP) is 2.43. The van der Waals surface area contributed by atoms with Crippen molar-refractivity contribution in [2.75, 3.05) is 11.5 Å². The van der Waals surface area contributed by atoms with E-state index in [0.29, 0.717) is 12.1 Å². The van der Waals surface area contributed by atoms with Gasteiger partial charge in [0.15, 0.2) is 0 Å². The molecule has 1 aromatic rings. The largest absolute Gasteiger partial charge is 0.311 e. The fourth-order valence-corrected chi connectivity index (χ4v) is 4.34. The van der Waals surface area contributed by atoms with Crippen molar-refractivity contribution in [2.45, 2.75) is 43.7 Å². The minimum atomic E-state index is -0.536. The van der Waals surface area contributed by atoms with Gasteiger partial charge in [-0.2, -0.15) is 0 Å². The Kier molecular flexibility index (Phi) is 3.80. The van der Waals surface area contributed by atoms with Gasteiger partial charge in [0.05, 0.1) is 0 Å². The summed E-state index contributed by atoms with van der Waals surface area (Å²) in [6.45, 7) is 0. The van der Waals surface area contributed by atoms with Crippen LogP contribution in [0.1, 0.15) is 37.2 Å². The van der Waals surface area contributed by atoms with E-state index in [0.717, 1.165) is 30.3 Å². The highest BCUT2D eigenvalue weighted by Gasteiger charge is 2.32. The molecule has 0 radical (unpaired) electrons. The van der Waals surface area contributed by atoms with Gasteiger partial charge in [0, 0.05) is 34.4 Å². The third kappa shape index (κ3) is 2.83. The first-order valence-electron chi connectivity index (χ1n) is 6.97. The lowest BCUT2D eigenvalue weighted by atomic mass is 9.75. The summed E-state index contributed by atoms with van der Waals surface area (Å²) in [5.74, 6) is 2.54. The molecule has 98 valence electrons. The van der Waals surface area contributed by atoms with Crippen LogP contribution in [0.3, 0.4) is 0 Å². The molecule has 0 unspecified atom stereocenters. The van der Waals surface area contributed by atoms with Crippen LogP contribution in [-0.2, 0) is 10.8 Å². The van der Waals surface area contributed by atoms with Crippen molar-refractivity contribution in [1.82, 2.24) is 5.32 Å². The average Bonchev–Trinajstić information content (AvgIpc) is 2.36. The van der Waals surface area contributed by atoms with E-state index in [1.807, 2.05) is 0 Å². The van der Waals surface area contributed by atoms with E-state index in [1.54, 1.807) is 0 Å². The van der Waals surface area contributed by atoms with Crippen molar-refractivity contribution in [3.8, 4) is 0 Å². The van der Waals surface area contributed by atoms with Gasteiger partial charge in [-0.05, 0) is 37.2 Å². The van der Waals surface area contributed by atoms with Crippen LogP contribution < -0.4 is 5.32 Å². The molecule has 2 nitrogen and oxygen atoms in total. The molecular weight excluding hydrogens is 242 g/mol. The van der Waals surface area contributed by atoms with Gasteiger partial charge in [-0.25, -0.2) is 0 Å². The van der Waals surface area contributed by atoms with Crippen molar-refractivity contribution in [3.63, 3.8) is 0 Å². The molecule has 1 heterocycles. The third-order valence-electron chi connectivity index (χ3n) is 4.27. The molecule has 1 aromatic carbocycles. The predicted molar refractivity (Wildman–Crippen MR) is 76.2 cm³/mol. The molecule has 0 aromatic heterocycles. The summed E-state index contributed by atoms with van der Waals surface area (Å²) < 4.78 is 11.3. The topological polar surface area (TPSA) is 29.1 Å². The Labute approximate surface area is 112 Å². The molecule has 0 amide bonds. The van der Waals surface area contributed by atoms with Crippen molar-refractivity contribution in [2.24, 2.45) is 0 Å². The van der Waals surface area contributed by atoms with E-state index in [1.165, 1.54) is 18.4 Å². The number of benzene rings is 1.